The van der Waals surface area contributed by atoms with Gasteiger partial charge in [0.05, 0.1) is 18.5 Å². The predicted molar refractivity (Wildman–Crippen MR) is 215 cm³/mol. The highest BCUT2D eigenvalue weighted by Gasteiger charge is 2.31. The lowest BCUT2D eigenvalue weighted by atomic mass is 10.0. The van der Waals surface area contributed by atoms with E-state index < -0.39 is 0 Å². The molecule has 4 heterocycles. The van der Waals surface area contributed by atoms with Crippen molar-refractivity contribution in [1.29, 1.82) is 0 Å². The molecule has 0 radical (unpaired) electrons. The van der Waals surface area contributed by atoms with E-state index in [0.717, 1.165) is 27.5 Å². The van der Waals surface area contributed by atoms with E-state index in [1.165, 1.54) is 62.6 Å². The van der Waals surface area contributed by atoms with Crippen molar-refractivity contribution in [2.45, 2.75) is 18.5 Å². The van der Waals surface area contributed by atoms with Gasteiger partial charge in [-0.25, -0.2) is 0 Å². The van der Waals surface area contributed by atoms with Crippen molar-refractivity contribution in [2.75, 3.05) is 0 Å². The van der Waals surface area contributed by atoms with Crippen molar-refractivity contribution in [3.8, 4) is 11.1 Å². The van der Waals surface area contributed by atoms with Crippen LogP contribution in [0.3, 0.4) is 0 Å². The normalized spacial score (nSPS) is 18.2. The number of thiophene rings is 2. The zero-order valence-electron chi connectivity index (χ0n) is 27.4. The number of benzene rings is 7. The molecule has 6 heteroatoms. The molecule has 0 aliphatic carbocycles. The van der Waals surface area contributed by atoms with Gasteiger partial charge in [-0.1, -0.05) is 121 Å². The minimum Gasteiger partial charge on any atom is -0.456 e. The van der Waals surface area contributed by atoms with Gasteiger partial charge in [-0.15, -0.1) is 22.7 Å². The Hall–Kier alpha value is -5.34. The minimum atomic E-state index is -0.121. The highest BCUT2D eigenvalue weighted by Crippen LogP contribution is 2.42. The molecular formula is C45H31N3OS2. The molecule has 51 heavy (non-hydrogen) atoms. The average Bonchev–Trinajstić information content (AvgIpc) is 3.88. The van der Waals surface area contributed by atoms with E-state index in [9.17, 15) is 0 Å². The van der Waals surface area contributed by atoms with Crippen LogP contribution in [0.5, 0.6) is 0 Å². The summed E-state index contributed by atoms with van der Waals surface area (Å²) in [6.07, 6.45) is -0.258. The van der Waals surface area contributed by atoms with E-state index >= 15 is 0 Å². The maximum atomic E-state index is 6.67. The van der Waals surface area contributed by atoms with Gasteiger partial charge in [0.1, 0.15) is 11.2 Å². The molecule has 3 aromatic heterocycles. The number of hydrogen-bond acceptors (Lipinski definition) is 6. The van der Waals surface area contributed by atoms with Crippen LogP contribution in [-0.4, -0.2) is 0 Å². The molecule has 3 N–H and O–H groups in total. The number of fused-ring (bicyclic) bond motifs is 9. The van der Waals surface area contributed by atoms with Crippen molar-refractivity contribution in [3.63, 3.8) is 0 Å². The third kappa shape index (κ3) is 4.76. The topological polar surface area (TPSA) is 49.2 Å². The van der Waals surface area contributed by atoms with E-state index in [4.69, 9.17) is 4.42 Å². The van der Waals surface area contributed by atoms with Crippen LogP contribution in [0.1, 0.15) is 35.2 Å². The van der Waals surface area contributed by atoms with Crippen LogP contribution in [0, 0.1) is 0 Å². The molecule has 10 aromatic rings. The molecule has 0 saturated carbocycles. The lowest BCUT2D eigenvalue weighted by Crippen LogP contribution is -2.54. The smallest absolute Gasteiger partial charge is 0.136 e. The van der Waals surface area contributed by atoms with Crippen LogP contribution < -0.4 is 16.0 Å². The number of nitrogens with one attached hydrogen (secondary N) is 3. The highest BCUT2D eigenvalue weighted by molar-refractivity contribution is 7.26. The van der Waals surface area contributed by atoms with Crippen molar-refractivity contribution in [2.24, 2.45) is 0 Å². The molecule has 3 unspecified atom stereocenters. The fourth-order valence-electron chi connectivity index (χ4n) is 7.97. The van der Waals surface area contributed by atoms with Crippen LogP contribution >= 0.6 is 22.7 Å². The third-order valence-corrected chi connectivity index (χ3v) is 12.9. The van der Waals surface area contributed by atoms with Crippen LogP contribution in [0.2, 0.25) is 0 Å². The highest BCUT2D eigenvalue weighted by atomic mass is 32.1. The summed E-state index contributed by atoms with van der Waals surface area (Å²) in [5.41, 5.74) is 7.79. The van der Waals surface area contributed by atoms with Gasteiger partial charge in [0.25, 0.3) is 0 Å². The Bertz CT molecular complexity index is 2940. The Morgan fingerprint density at radius 1 is 0.412 bits per heavy atom. The molecule has 1 saturated heterocycles. The first kappa shape index (κ1) is 29.4. The fourth-order valence-corrected chi connectivity index (χ4v) is 10.5. The zero-order chi connectivity index (χ0) is 33.5. The molecule has 3 atom stereocenters. The molecule has 1 fully saturated rings. The van der Waals surface area contributed by atoms with Crippen LogP contribution in [-0.2, 0) is 0 Å². The molecule has 7 aromatic carbocycles. The van der Waals surface area contributed by atoms with Gasteiger partial charge in [0.2, 0.25) is 0 Å². The lowest BCUT2D eigenvalue weighted by Gasteiger charge is -2.39. The molecule has 4 nitrogen and oxygen atoms in total. The van der Waals surface area contributed by atoms with Crippen molar-refractivity contribution in [1.82, 2.24) is 16.0 Å². The Morgan fingerprint density at radius 2 is 1.00 bits per heavy atom. The SMILES string of the molecule is c1ccc(C2NC(c3ccc4c(c3)oc3cc(-c5cccc6c5sc5ccccc56)ccc34)NC(c3cccc4c3sc3ccccc34)N2)cc1. The Balaban J connectivity index is 0.990. The number of furan rings is 1. The summed E-state index contributed by atoms with van der Waals surface area (Å²) in [6, 6.07) is 54.7. The zero-order valence-corrected chi connectivity index (χ0v) is 29.0. The maximum Gasteiger partial charge on any atom is 0.136 e. The largest absolute Gasteiger partial charge is 0.456 e. The maximum absolute atomic E-state index is 6.67. The Kier molecular flexibility index (Phi) is 6.69. The quantitative estimate of drug-likeness (QED) is 0.172. The molecule has 0 amide bonds. The molecule has 1 aliphatic heterocycles. The summed E-state index contributed by atoms with van der Waals surface area (Å²) in [5, 5.41) is 19.2. The molecular weight excluding hydrogens is 663 g/mol. The van der Waals surface area contributed by atoms with E-state index in [0.29, 0.717) is 0 Å². The van der Waals surface area contributed by atoms with Crippen LogP contribution in [0.25, 0.3) is 73.4 Å². The van der Waals surface area contributed by atoms with Gasteiger partial charge >= 0.3 is 0 Å². The van der Waals surface area contributed by atoms with Gasteiger partial charge in [0, 0.05) is 56.7 Å². The van der Waals surface area contributed by atoms with Gasteiger partial charge in [0.15, 0.2) is 0 Å². The summed E-state index contributed by atoms with van der Waals surface area (Å²) >= 11 is 3.73. The van der Waals surface area contributed by atoms with E-state index in [1.807, 2.05) is 22.7 Å². The van der Waals surface area contributed by atoms with Gasteiger partial charge < -0.3 is 4.42 Å². The Labute approximate surface area is 302 Å². The summed E-state index contributed by atoms with van der Waals surface area (Å²) in [4.78, 5) is 0. The summed E-state index contributed by atoms with van der Waals surface area (Å²) < 4.78 is 11.9. The Morgan fingerprint density at radius 3 is 1.78 bits per heavy atom. The second kappa shape index (κ2) is 11.6. The molecule has 244 valence electrons. The first-order chi connectivity index (χ1) is 25.2. The molecule has 11 rings (SSSR count). The fraction of sp³-hybridized carbons (Fsp3) is 0.0667. The monoisotopic (exact) mass is 693 g/mol. The summed E-state index contributed by atoms with van der Waals surface area (Å²) in [6.45, 7) is 0. The number of rotatable bonds is 4. The third-order valence-electron chi connectivity index (χ3n) is 10.4. The number of hydrogen-bond donors (Lipinski definition) is 3. The van der Waals surface area contributed by atoms with Crippen molar-refractivity contribution >= 4 is 85.0 Å². The predicted octanol–water partition coefficient (Wildman–Crippen LogP) is 12.2. The summed E-state index contributed by atoms with van der Waals surface area (Å²) in [7, 11) is 0. The molecule has 1 aliphatic rings. The first-order valence-corrected chi connectivity index (χ1v) is 19.0. The second-order valence-electron chi connectivity index (χ2n) is 13.4. The standard InChI is InChI=1S/C45H31N3OS2/c1-2-10-26(11-3-1)43-46-44(48-45(47-43)36-17-9-16-35-33-13-5-7-19-40(33)51-42(35)36)28-21-23-31-30-22-20-27(24-37(30)49-38(31)25-28)29-14-8-15-34-32-12-4-6-18-39(32)50-41(29)34/h1-25,43-48H. The minimum absolute atomic E-state index is 0.0578. The molecule has 0 bridgehead atoms. The van der Waals surface area contributed by atoms with Gasteiger partial charge in [-0.2, -0.15) is 0 Å². The van der Waals surface area contributed by atoms with Crippen LogP contribution in [0.15, 0.2) is 156 Å². The van der Waals surface area contributed by atoms with Crippen LogP contribution in [0.4, 0.5) is 0 Å². The van der Waals surface area contributed by atoms with E-state index in [1.54, 1.807) is 0 Å². The average molecular weight is 694 g/mol. The van der Waals surface area contributed by atoms with Gasteiger partial charge in [-0.3, -0.25) is 16.0 Å². The second-order valence-corrected chi connectivity index (χ2v) is 15.5. The van der Waals surface area contributed by atoms with Crippen molar-refractivity contribution in [3.05, 3.63) is 168 Å². The molecule has 0 spiro atoms. The first-order valence-electron chi connectivity index (χ1n) is 17.4. The van der Waals surface area contributed by atoms with Crippen molar-refractivity contribution < 1.29 is 4.42 Å². The summed E-state index contributed by atoms with van der Waals surface area (Å²) in [5.74, 6) is 0. The van der Waals surface area contributed by atoms with E-state index in [-0.39, 0.29) is 18.5 Å². The lowest BCUT2D eigenvalue weighted by molar-refractivity contribution is 0.204. The van der Waals surface area contributed by atoms with Gasteiger partial charge in [-0.05, 0) is 52.6 Å². The van der Waals surface area contributed by atoms with E-state index in [2.05, 4.69) is 168 Å².